The summed E-state index contributed by atoms with van der Waals surface area (Å²) < 4.78 is 5.60. The van der Waals surface area contributed by atoms with E-state index in [1.165, 1.54) is 5.56 Å². The summed E-state index contributed by atoms with van der Waals surface area (Å²) in [4.78, 5) is 9.09. The fourth-order valence-corrected chi connectivity index (χ4v) is 2.71. The summed E-state index contributed by atoms with van der Waals surface area (Å²) in [6, 6.07) is 10.3. The van der Waals surface area contributed by atoms with Crippen LogP contribution in [0.1, 0.15) is 11.1 Å². The first-order valence-corrected chi connectivity index (χ1v) is 6.92. The molecule has 21 heavy (non-hydrogen) atoms. The second kappa shape index (κ2) is 4.42. The predicted octanol–water partition coefficient (Wildman–Crippen LogP) is 4.66. The third-order valence-electron chi connectivity index (χ3n) is 3.72. The van der Waals surface area contributed by atoms with Crippen LogP contribution in [-0.4, -0.2) is 9.97 Å². The Morgan fingerprint density at radius 1 is 0.952 bits per heavy atom. The molecule has 0 unspecified atom stereocenters. The highest BCUT2D eigenvalue weighted by Gasteiger charge is 2.12. The minimum Gasteiger partial charge on any atom is -0.462 e. The van der Waals surface area contributed by atoms with Crippen LogP contribution >= 0.6 is 0 Å². The van der Waals surface area contributed by atoms with Gasteiger partial charge in [0, 0.05) is 28.7 Å². The molecule has 102 valence electrons. The number of rotatable bonds is 1. The van der Waals surface area contributed by atoms with Crippen LogP contribution in [0.2, 0.25) is 0 Å². The monoisotopic (exact) mass is 274 g/mol. The van der Waals surface area contributed by atoms with Gasteiger partial charge in [-0.15, -0.1) is 0 Å². The molecule has 0 saturated carbocycles. The van der Waals surface area contributed by atoms with Gasteiger partial charge in [0.1, 0.15) is 5.52 Å². The van der Waals surface area contributed by atoms with Crippen LogP contribution in [-0.2, 0) is 0 Å². The van der Waals surface area contributed by atoms with E-state index in [0.717, 1.165) is 38.7 Å². The first-order chi connectivity index (χ1) is 10.2. The molecule has 3 aromatic heterocycles. The van der Waals surface area contributed by atoms with E-state index in [4.69, 9.17) is 4.42 Å². The van der Waals surface area contributed by atoms with Gasteiger partial charge in [-0.3, -0.25) is 9.97 Å². The zero-order valence-electron chi connectivity index (χ0n) is 11.9. The SMILES string of the molecule is Cc1ccnc(-c2cc3ccoc3c3ncc(C)cc23)c1. The quantitative estimate of drug-likeness (QED) is 0.506. The maximum absolute atomic E-state index is 5.60. The molecule has 1 aromatic carbocycles. The van der Waals surface area contributed by atoms with Crippen molar-refractivity contribution in [3.05, 3.63) is 60.1 Å². The van der Waals surface area contributed by atoms with Gasteiger partial charge in [-0.2, -0.15) is 0 Å². The Balaban J connectivity index is 2.17. The third-order valence-corrected chi connectivity index (χ3v) is 3.72. The number of hydrogen-bond acceptors (Lipinski definition) is 3. The molecule has 3 nitrogen and oxygen atoms in total. The van der Waals surface area contributed by atoms with Crippen LogP contribution in [0, 0.1) is 13.8 Å². The Morgan fingerprint density at radius 2 is 1.86 bits per heavy atom. The van der Waals surface area contributed by atoms with Crippen LogP contribution < -0.4 is 0 Å². The van der Waals surface area contributed by atoms with Gasteiger partial charge >= 0.3 is 0 Å². The van der Waals surface area contributed by atoms with Gasteiger partial charge < -0.3 is 4.42 Å². The van der Waals surface area contributed by atoms with Crippen molar-refractivity contribution in [2.45, 2.75) is 13.8 Å². The predicted molar refractivity (Wildman–Crippen MR) is 84.2 cm³/mol. The Bertz CT molecular complexity index is 969. The lowest BCUT2D eigenvalue weighted by Gasteiger charge is -2.08. The lowest BCUT2D eigenvalue weighted by molar-refractivity contribution is 0.618. The molecule has 0 aliphatic rings. The number of benzene rings is 1. The van der Waals surface area contributed by atoms with E-state index in [1.54, 1.807) is 6.26 Å². The molecule has 4 aromatic rings. The van der Waals surface area contributed by atoms with Gasteiger partial charge in [0.2, 0.25) is 0 Å². The molecule has 0 spiro atoms. The summed E-state index contributed by atoms with van der Waals surface area (Å²) >= 11 is 0. The second-order valence-electron chi connectivity index (χ2n) is 5.39. The number of furan rings is 1. The molecule has 0 N–H and O–H groups in total. The van der Waals surface area contributed by atoms with E-state index in [9.17, 15) is 0 Å². The summed E-state index contributed by atoms with van der Waals surface area (Å²) in [7, 11) is 0. The Labute approximate surface area is 122 Å². The minimum absolute atomic E-state index is 0.835. The molecule has 0 radical (unpaired) electrons. The highest BCUT2D eigenvalue weighted by Crippen LogP contribution is 2.34. The van der Waals surface area contributed by atoms with Crippen LogP contribution in [0.3, 0.4) is 0 Å². The largest absolute Gasteiger partial charge is 0.462 e. The molecule has 0 aliphatic heterocycles. The topological polar surface area (TPSA) is 38.9 Å². The highest BCUT2D eigenvalue weighted by atomic mass is 16.3. The lowest BCUT2D eigenvalue weighted by atomic mass is 10.0. The average Bonchev–Trinajstić information content (AvgIpc) is 2.94. The summed E-state index contributed by atoms with van der Waals surface area (Å²) in [5.41, 5.74) is 6.11. The Hall–Kier alpha value is -2.68. The van der Waals surface area contributed by atoms with Crippen molar-refractivity contribution in [1.29, 1.82) is 0 Å². The van der Waals surface area contributed by atoms with Crippen LogP contribution in [0.5, 0.6) is 0 Å². The molecular formula is C18H14N2O. The average molecular weight is 274 g/mol. The van der Waals surface area contributed by atoms with Crippen molar-refractivity contribution in [2.24, 2.45) is 0 Å². The van der Waals surface area contributed by atoms with Crippen molar-refractivity contribution in [1.82, 2.24) is 9.97 Å². The number of pyridine rings is 2. The van der Waals surface area contributed by atoms with E-state index in [-0.39, 0.29) is 0 Å². The number of nitrogens with zero attached hydrogens (tertiary/aromatic N) is 2. The van der Waals surface area contributed by atoms with Crippen molar-refractivity contribution < 1.29 is 4.42 Å². The van der Waals surface area contributed by atoms with E-state index >= 15 is 0 Å². The van der Waals surface area contributed by atoms with Crippen molar-refractivity contribution in [3.63, 3.8) is 0 Å². The molecule has 0 aliphatic carbocycles. The van der Waals surface area contributed by atoms with E-state index in [2.05, 4.69) is 35.1 Å². The maximum Gasteiger partial charge on any atom is 0.160 e. The van der Waals surface area contributed by atoms with Gasteiger partial charge in [-0.25, -0.2) is 0 Å². The lowest BCUT2D eigenvalue weighted by Crippen LogP contribution is -1.89. The molecular weight excluding hydrogens is 260 g/mol. The van der Waals surface area contributed by atoms with E-state index < -0.39 is 0 Å². The van der Waals surface area contributed by atoms with Gasteiger partial charge in [-0.1, -0.05) is 0 Å². The molecule has 0 amide bonds. The van der Waals surface area contributed by atoms with Gasteiger partial charge in [0.15, 0.2) is 5.58 Å². The molecule has 4 rings (SSSR count). The Morgan fingerprint density at radius 3 is 2.71 bits per heavy atom. The molecule has 3 heteroatoms. The normalized spacial score (nSPS) is 11.3. The fourth-order valence-electron chi connectivity index (χ4n) is 2.71. The maximum atomic E-state index is 5.60. The van der Waals surface area contributed by atoms with Gasteiger partial charge in [0.25, 0.3) is 0 Å². The summed E-state index contributed by atoms with van der Waals surface area (Å²) in [5.74, 6) is 0. The van der Waals surface area contributed by atoms with Crippen molar-refractivity contribution in [2.75, 3.05) is 0 Å². The van der Waals surface area contributed by atoms with Crippen LogP contribution in [0.15, 0.2) is 53.4 Å². The standard InChI is InChI=1S/C18H14N2O/c1-11-3-5-19-16(8-11)14-9-13-4-6-21-18(13)17-15(14)7-12(2)10-20-17/h3-10H,1-2H3. The number of aryl methyl sites for hydroxylation is 2. The van der Waals surface area contributed by atoms with E-state index in [0.29, 0.717) is 0 Å². The minimum atomic E-state index is 0.835. The third kappa shape index (κ3) is 1.89. The molecule has 0 bridgehead atoms. The zero-order chi connectivity index (χ0) is 14.4. The summed E-state index contributed by atoms with van der Waals surface area (Å²) in [6.45, 7) is 4.12. The summed E-state index contributed by atoms with van der Waals surface area (Å²) in [6.07, 6.45) is 5.43. The fraction of sp³-hybridized carbons (Fsp3) is 0.111. The van der Waals surface area contributed by atoms with Crippen molar-refractivity contribution in [3.8, 4) is 11.3 Å². The number of hydrogen-bond donors (Lipinski definition) is 0. The highest BCUT2D eigenvalue weighted by molar-refractivity contribution is 6.09. The smallest absolute Gasteiger partial charge is 0.160 e. The Kier molecular flexibility index (Phi) is 2.54. The van der Waals surface area contributed by atoms with Gasteiger partial charge in [0.05, 0.1) is 12.0 Å². The molecule has 0 atom stereocenters. The van der Waals surface area contributed by atoms with Gasteiger partial charge in [-0.05, 0) is 55.3 Å². The molecule has 0 saturated heterocycles. The number of aromatic nitrogens is 2. The number of fused-ring (bicyclic) bond motifs is 3. The first kappa shape index (κ1) is 12.1. The zero-order valence-corrected chi connectivity index (χ0v) is 11.9. The molecule has 3 heterocycles. The van der Waals surface area contributed by atoms with Crippen molar-refractivity contribution >= 4 is 21.9 Å². The molecule has 0 fully saturated rings. The van der Waals surface area contributed by atoms with Crippen LogP contribution in [0.4, 0.5) is 0 Å². The summed E-state index contributed by atoms with van der Waals surface area (Å²) in [5, 5.41) is 2.13. The second-order valence-corrected chi connectivity index (χ2v) is 5.39. The first-order valence-electron chi connectivity index (χ1n) is 6.92. The van der Waals surface area contributed by atoms with E-state index in [1.807, 2.05) is 31.5 Å². The van der Waals surface area contributed by atoms with Crippen LogP contribution in [0.25, 0.3) is 33.1 Å².